The van der Waals surface area contributed by atoms with Crippen molar-refractivity contribution >= 4 is 47.4 Å². The molecule has 0 radical (unpaired) electrons. The molecule has 0 aliphatic heterocycles. The van der Waals surface area contributed by atoms with Gasteiger partial charge in [0.1, 0.15) is 36.3 Å². The van der Waals surface area contributed by atoms with Crippen molar-refractivity contribution in [2.75, 3.05) is 13.2 Å². The highest BCUT2D eigenvalue weighted by molar-refractivity contribution is 5.98. The molecule has 0 rings (SSSR count). The molecule has 7 atom stereocenters. The highest BCUT2D eigenvalue weighted by atomic mass is 16.4. The number of rotatable bonds is 24. The summed E-state index contributed by atoms with van der Waals surface area (Å²) in [5.74, 6) is -9.43. The van der Waals surface area contributed by atoms with E-state index in [1.165, 1.54) is 13.8 Å². The van der Waals surface area contributed by atoms with E-state index in [0.29, 0.717) is 19.4 Å². The molecule has 0 saturated heterocycles. The molecule has 0 aromatic carbocycles. The molecule has 52 heavy (non-hydrogen) atoms. The van der Waals surface area contributed by atoms with Gasteiger partial charge in [0, 0.05) is 5.92 Å². The van der Waals surface area contributed by atoms with Crippen LogP contribution in [0.3, 0.4) is 0 Å². The van der Waals surface area contributed by atoms with Crippen LogP contribution in [0.2, 0.25) is 0 Å². The number of quaternary nitrogens is 2. The molecule has 0 aromatic heterocycles. The first-order chi connectivity index (χ1) is 24.1. The molecule has 19 nitrogen and oxygen atoms in total. The summed E-state index contributed by atoms with van der Waals surface area (Å²) in [6.07, 6.45) is 0.328. The SMILES string of the molecule is CC(C)[C@H]([NH3+])C(=O)N[C@H](C(=O)N[C@@H](CCCC[NH3+])C(=O)N[C@H](C(=O)N[C@@H](CC(=O)O)C(=O)N[C@@H](CO)C(=O)N[C@H](C(=O)O)C(C)C)C(C)C)C(C)C. The molecule has 298 valence electrons. The molecule has 0 aliphatic carbocycles. The Morgan fingerprint density at radius 2 is 0.923 bits per heavy atom. The number of carbonyl (C=O) groups is 8. The Morgan fingerprint density at radius 3 is 1.33 bits per heavy atom. The molecular formula is C33H62N8O11+2. The summed E-state index contributed by atoms with van der Waals surface area (Å²) in [6.45, 7) is 12.9. The first-order valence-corrected chi connectivity index (χ1v) is 17.6. The fourth-order valence-corrected chi connectivity index (χ4v) is 4.82. The van der Waals surface area contributed by atoms with E-state index in [9.17, 15) is 53.7 Å². The molecule has 0 heterocycles. The fraction of sp³-hybridized carbons (Fsp3) is 0.758. The van der Waals surface area contributed by atoms with Gasteiger partial charge in [-0.2, -0.15) is 0 Å². The lowest BCUT2D eigenvalue weighted by Crippen LogP contribution is -2.71. The van der Waals surface area contributed by atoms with E-state index < -0.39 is 115 Å². The first-order valence-electron chi connectivity index (χ1n) is 17.6. The van der Waals surface area contributed by atoms with Gasteiger partial charge in [0.15, 0.2) is 6.04 Å². The predicted molar refractivity (Wildman–Crippen MR) is 186 cm³/mol. The number of aliphatic hydroxyl groups is 1. The molecule has 0 fully saturated rings. The maximum Gasteiger partial charge on any atom is 0.326 e. The lowest BCUT2D eigenvalue weighted by molar-refractivity contribution is -0.414. The molecule has 0 aromatic rings. The van der Waals surface area contributed by atoms with Crippen LogP contribution in [0.25, 0.3) is 0 Å². The zero-order valence-electron chi connectivity index (χ0n) is 31.6. The van der Waals surface area contributed by atoms with E-state index in [1.807, 2.05) is 13.8 Å². The predicted octanol–water partition coefficient (Wildman–Crippen LogP) is -3.91. The van der Waals surface area contributed by atoms with Gasteiger partial charge in [-0.15, -0.1) is 0 Å². The number of nitrogens with one attached hydrogen (secondary N) is 6. The van der Waals surface area contributed by atoms with E-state index >= 15 is 0 Å². The van der Waals surface area contributed by atoms with E-state index in [1.54, 1.807) is 27.7 Å². The second-order valence-corrected chi connectivity index (χ2v) is 14.2. The van der Waals surface area contributed by atoms with Crippen molar-refractivity contribution in [3.63, 3.8) is 0 Å². The minimum Gasteiger partial charge on any atom is -0.481 e. The van der Waals surface area contributed by atoms with Gasteiger partial charge in [-0.1, -0.05) is 55.4 Å². The van der Waals surface area contributed by atoms with Crippen molar-refractivity contribution in [2.24, 2.45) is 23.7 Å². The number of carbonyl (C=O) groups excluding carboxylic acids is 6. The van der Waals surface area contributed by atoms with E-state index in [-0.39, 0.29) is 18.3 Å². The lowest BCUT2D eigenvalue weighted by Gasteiger charge is -2.29. The van der Waals surface area contributed by atoms with Crippen LogP contribution in [-0.4, -0.2) is 118 Å². The first kappa shape index (κ1) is 47.6. The van der Waals surface area contributed by atoms with Gasteiger partial charge in [0.25, 0.3) is 5.91 Å². The Bertz CT molecular complexity index is 1240. The van der Waals surface area contributed by atoms with Gasteiger partial charge >= 0.3 is 11.9 Å². The van der Waals surface area contributed by atoms with Gasteiger partial charge in [-0.3, -0.25) is 33.6 Å². The Morgan fingerprint density at radius 1 is 0.519 bits per heavy atom. The number of carboxylic acids is 2. The summed E-state index contributed by atoms with van der Waals surface area (Å²) in [7, 11) is 0. The van der Waals surface area contributed by atoms with Crippen LogP contribution in [0.1, 0.15) is 81.1 Å². The van der Waals surface area contributed by atoms with Gasteiger partial charge in [0.05, 0.1) is 19.6 Å². The van der Waals surface area contributed by atoms with Crippen molar-refractivity contribution in [3.8, 4) is 0 Å². The molecule has 0 aliphatic rings. The maximum atomic E-state index is 13.6. The van der Waals surface area contributed by atoms with Gasteiger partial charge < -0.3 is 58.7 Å². The monoisotopic (exact) mass is 746 g/mol. The third-order valence-corrected chi connectivity index (χ3v) is 8.32. The molecule has 0 unspecified atom stereocenters. The summed E-state index contributed by atoms with van der Waals surface area (Å²) in [5.41, 5.74) is 7.64. The largest absolute Gasteiger partial charge is 0.481 e. The lowest BCUT2D eigenvalue weighted by atomic mass is 9.98. The highest BCUT2D eigenvalue weighted by Gasteiger charge is 2.36. The van der Waals surface area contributed by atoms with Crippen LogP contribution >= 0.6 is 0 Å². The number of aliphatic carboxylic acids is 2. The Labute approximate surface area is 304 Å². The number of aliphatic hydroxyl groups excluding tert-OH is 1. The van der Waals surface area contributed by atoms with Crippen LogP contribution < -0.4 is 43.4 Å². The standard InChI is InChI=1S/C33H60N8O11/c1-15(2)23(35)30(48)40-25(17(5)6)31(49)36-19(11-9-10-12-34)27(45)39-24(16(3)4)32(50)37-20(13-22(43)44)28(46)38-21(14-42)29(47)41-26(18(7)8)33(51)52/h15-21,23-26,42H,9-14,34-35H2,1-8H3,(H,36,49)(H,37,50)(H,38,46)(H,39,45)(H,40,48)(H,41,47)(H,43,44)(H,51,52)/p+2/t19-,20-,21-,23-,24-,25-,26-/m0/s1. The normalized spacial score (nSPS) is 15.4. The number of unbranched alkanes of at least 4 members (excludes halogenated alkanes) is 1. The van der Waals surface area contributed by atoms with E-state index in [2.05, 4.69) is 43.4 Å². The molecule has 0 saturated carbocycles. The fourth-order valence-electron chi connectivity index (χ4n) is 4.82. The number of hydrogen-bond donors (Lipinski definition) is 11. The van der Waals surface area contributed by atoms with Crippen molar-refractivity contribution in [1.82, 2.24) is 31.9 Å². The average Bonchev–Trinajstić information content (AvgIpc) is 3.04. The molecular weight excluding hydrogens is 684 g/mol. The van der Waals surface area contributed by atoms with Crippen molar-refractivity contribution in [2.45, 2.75) is 123 Å². The highest BCUT2D eigenvalue weighted by Crippen LogP contribution is 2.10. The molecule has 19 heteroatoms. The summed E-state index contributed by atoms with van der Waals surface area (Å²) >= 11 is 0. The zero-order chi connectivity index (χ0) is 40.5. The van der Waals surface area contributed by atoms with Crippen LogP contribution in [-0.2, 0) is 38.4 Å². The molecule has 6 amide bonds. The van der Waals surface area contributed by atoms with Crippen molar-refractivity contribution in [3.05, 3.63) is 0 Å². The number of hydrogen-bond acceptors (Lipinski definition) is 9. The summed E-state index contributed by atoms with van der Waals surface area (Å²) < 4.78 is 0. The smallest absolute Gasteiger partial charge is 0.326 e. The third-order valence-electron chi connectivity index (χ3n) is 8.32. The second kappa shape index (κ2) is 23.3. The Kier molecular flexibility index (Phi) is 21.3. The van der Waals surface area contributed by atoms with Gasteiger partial charge in [-0.25, -0.2) is 4.79 Å². The topological polar surface area (TPSA) is 325 Å². The minimum atomic E-state index is -1.78. The van der Waals surface area contributed by atoms with Gasteiger partial charge in [-0.05, 0) is 37.0 Å². The molecule has 0 spiro atoms. The third kappa shape index (κ3) is 16.3. The Hall–Kier alpha value is -4.36. The van der Waals surface area contributed by atoms with Gasteiger partial charge in [0.2, 0.25) is 29.5 Å². The summed E-state index contributed by atoms with van der Waals surface area (Å²) in [4.78, 5) is 102. The van der Waals surface area contributed by atoms with Crippen LogP contribution in [0, 0.1) is 23.7 Å². The molecule has 15 N–H and O–H groups in total. The van der Waals surface area contributed by atoms with E-state index in [4.69, 9.17) is 0 Å². The van der Waals surface area contributed by atoms with Crippen LogP contribution in [0.15, 0.2) is 0 Å². The second-order valence-electron chi connectivity index (χ2n) is 14.2. The number of amides is 6. The van der Waals surface area contributed by atoms with E-state index in [0.717, 1.165) is 0 Å². The summed E-state index contributed by atoms with van der Waals surface area (Å²) in [6, 6.07) is -8.91. The molecule has 0 bridgehead atoms. The average molecular weight is 747 g/mol. The number of carboxylic acid groups (broad SMARTS) is 2. The van der Waals surface area contributed by atoms with Crippen LogP contribution in [0.5, 0.6) is 0 Å². The maximum absolute atomic E-state index is 13.6. The summed E-state index contributed by atoms with van der Waals surface area (Å²) in [5, 5.41) is 43.2. The zero-order valence-corrected chi connectivity index (χ0v) is 31.6. The quantitative estimate of drug-likeness (QED) is 0.0424. The van der Waals surface area contributed by atoms with Crippen LogP contribution in [0.4, 0.5) is 0 Å². The minimum absolute atomic E-state index is 0.0887. The van der Waals surface area contributed by atoms with Crippen molar-refractivity contribution in [1.29, 1.82) is 0 Å². The Balaban J connectivity index is 6.13. The van der Waals surface area contributed by atoms with Crippen molar-refractivity contribution < 1.29 is 65.1 Å².